The van der Waals surface area contributed by atoms with Gasteiger partial charge in [0.1, 0.15) is 5.60 Å². The third-order valence-electron chi connectivity index (χ3n) is 2.33. The second kappa shape index (κ2) is 7.34. The first kappa shape index (κ1) is 17.7. The number of ether oxygens (including phenoxy) is 2. The molecule has 1 unspecified atom stereocenters. The third-order valence-corrected chi connectivity index (χ3v) is 3.52. The van der Waals surface area contributed by atoms with Gasteiger partial charge in [-0.15, -0.1) is 0 Å². The Morgan fingerprint density at radius 3 is 2.11 bits per heavy atom. The lowest BCUT2D eigenvalue weighted by Gasteiger charge is -2.34. The maximum atomic E-state index is 12.0. The molecule has 0 aromatic rings. The minimum absolute atomic E-state index is 0.295. The van der Waals surface area contributed by atoms with Crippen molar-refractivity contribution in [3.8, 4) is 0 Å². The molecule has 0 rings (SSSR count). The first-order chi connectivity index (χ1) is 8.17. The van der Waals surface area contributed by atoms with Gasteiger partial charge in [0.2, 0.25) is 0 Å². The summed E-state index contributed by atoms with van der Waals surface area (Å²) in [5, 5.41) is 0.674. The Morgan fingerprint density at radius 2 is 1.78 bits per heavy atom. The van der Waals surface area contributed by atoms with E-state index in [4.69, 9.17) is 9.47 Å². The van der Waals surface area contributed by atoms with Crippen molar-refractivity contribution < 1.29 is 14.3 Å². The van der Waals surface area contributed by atoms with E-state index in [9.17, 15) is 4.79 Å². The highest BCUT2D eigenvalue weighted by molar-refractivity contribution is 9.09. The van der Waals surface area contributed by atoms with Gasteiger partial charge in [0.25, 0.3) is 0 Å². The predicted octanol–water partition coefficient (Wildman–Crippen LogP) is 3.43. The van der Waals surface area contributed by atoms with Crippen molar-refractivity contribution in [3.63, 3.8) is 0 Å². The maximum Gasteiger partial charge on any atom is 0.410 e. The summed E-state index contributed by atoms with van der Waals surface area (Å²) >= 11 is 3.44. The molecule has 0 aliphatic heterocycles. The van der Waals surface area contributed by atoms with Gasteiger partial charge in [0.15, 0.2) is 0 Å². The highest BCUT2D eigenvalue weighted by atomic mass is 79.9. The molecule has 0 bridgehead atoms. The number of hydrogen-bond acceptors (Lipinski definition) is 3. The van der Waals surface area contributed by atoms with Crippen LogP contribution in [-0.2, 0) is 9.47 Å². The summed E-state index contributed by atoms with van der Waals surface area (Å²) in [6.45, 7) is 13.2. The van der Waals surface area contributed by atoms with Gasteiger partial charge in [-0.05, 0) is 41.5 Å². The summed E-state index contributed by atoms with van der Waals surface area (Å²) in [4.78, 5) is 13.7. The van der Waals surface area contributed by atoms with Gasteiger partial charge < -0.3 is 14.4 Å². The van der Waals surface area contributed by atoms with Crippen LogP contribution in [0.4, 0.5) is 4.79 Å². The fraction of sp³-hybridized carbons (Fsp3) is 0.923. The van der Waals surface area contributed by atoms with E-state index in [0.717, 1.165) is 0 Å². The Hall–Kier alpha value is -0.290. The molecule has 0 heterocycles. The predicted molar refractivity (Wildman–Crippen MR) is 77.3 cm³/mol. The van der Waals surface area contributed by atoms with Crippen molar-refractivity contribution in [3.05, 3.63) is 0 Å². The summed E-state index contributed by atoms with van der Waals surface area (Å²) in [6, 6.07) is 0. The summed E-state index contributed by atoms with van der Waals surface area (Å²) < 4.78 is 11.1. The van der Waals surface area contributed by atoms with Crippen LogP contribution < -0.4 is 0 Å². The number of amides is 1. The summed E-state index contributed by atoms with van der Waals surface area (Å²) in [5.41, 5.74) is -0.859. The van der Waals surface area contributed by atoms with Crippen molar-refractivity contribution in [2.24, 2.45) is 0 Å². The Kier molecular flexibility index (Phi) is 7.22. The maximum absolute atomic E-state index is 12.0. The molecule has 0 saturated heterocycles. The van der Waals surface area contributed by atoms with Crippen LogP contribution in [0.3, 0.4) is 0 Å². The van der Waals surface area contributed by atoms with E-state index in [0.29, 0.717) is 25.0 Å². The second-order valence-electron chi connectivity index (χ2n) is 5.51. The number of halogens is 1. The van der Waals surface area contributed by atoms with Gasteiger partial charge in [-0.25, -0.2) is 4.79 Å². The number of rotatable bonds is 6. The van der Waals surface area contributed by atoms with Crippen LogP contribution in [0, 0.1) is 0 Å². The highest BCUT2D eigenvalue weighted by Crippen LogP contribution is 2.18. The topological polar surface area (TPSA) is 38.8 Å². The summed E-state index contributed by atoms with van der Waals surface area (Å²) in [5.74, 6) is 0. The Morgan fingerprint density at radius 1 is 1.22 bits per heavy atom. The molecule has 0 radical (unpaired) electrons. The van der Waals surface area contributed by atoms with Crippen LogP contribution in [0.25, 0.3) is 0 Å². The van der Waals surface area contributed by atoms with Crippen LogP contribution in [0.1, 0.15) is 41.5 Å². The van der Waals surface area contributed by atoms with Crippen LogP contribution in [0.15, 0.2) is 0 Å². The minimum Gasteiger partial charge on any atom is -0.444 e. The van der Waals surface area contributed by atoms with Crippen LogP contribution >= 0.6 is 15.9 Å². The monoisotopic (exact) mass is 323 g/mol. The zero-order valence-corrected chi connectivity index (χ0v) is 14.0. The van der Waals surface area contributed by atoms with Gasteiger partial charge in [-0.3, -0.25) is 0 Å². The number of carbonyl (C=O) groups excluding carboxylic acids is 1. The number of carbonyl (C=O) groups is 1. The third kappa shape index (κ3) is 6.59. The molecule has 108 valence electrons. The zero-order valence-electron chi connectivity index (χ0n) is 12.4. The Balaban J connectivity index is 4.63. The van der Waals surface area contributed by atoms with Gasteiger partial charge in [0.05, 0.1) is 12.1 Å². The van der Waals surface area contributed by atoms with E-state index in [1.54, 1.807) is 4.90 Å². The molecule has 0 spiro atoms. The average Bonchev–Trinajstić information content (AvgIpc) is 2.24. The number of alkyl halides is 1. The number of likely N-dealkylation sites (N-methyl/N-ethyl adjacent to an activating group) is 1. The zero-order chi connectivity index (χ0) is 14.4. The molecule has 1 atom stereocenters. The lowest BCUT2D eigenvalue weighted by atomic mass is 10.1. The lowest BCUT2D eigenvalue weighted by molar-refractivity contribution is -0.0374. The average molecular weight is 324 g/mol. The van der Waals surface area contributed by atoms with Crippen molar-refractivity contribution in [2.75, 3.05) is 25.0 Å². The molecule has 4 nitrogen and oxygen atoms in total. The summed E-state index contributed by atoms with van der Waals surface area (Å²) in [7, 11) is 0. The standard InChI is InChI=1S/C13H26BrNO3/c1-7-15(11(16)18-12(3,4)5)10-13(6,9-14)17-8-2/h7-10H2,1-6H3. The SMILES string of the molecule is CCOC(C)(CBr)CN(CC)C(=O)OC(C)(C)C. The highest BCUT2D eigenvalue weighted by Gasteiger charge is 2.30. The van der Waals surface area contributed by atoms with E-state index < -0.39 is 5.60 Å². The fourth-order valence-corrected chi connectivity index (χ4v) is 1.85. The van der Waals surface area contributed by atoms with E-state index in [2.05, 4.69) is 15.9 Å². The quantitative estimate of drug-likeness (QED) is 0.703. The van der Waals surface area contributed by atoms with Crippen LogP contribution in [0.5, 0.6) is 0 Å². The molecule has 0 N–H and O–H groups in total. The van der Waals surface area contributed by atoms with Gasteiger partial charge in [-0.1, -0.05) is 15.9 Å². The lowest BCUT2D eigenvalue weighted by Crippen LogP contribution is -2.48. The molecular weight excluding hydrogens is 298 g/mol. The molecule has 1 amide bonds. The number of nitrogens with zero attached hydrogens (tertiary/aromatic N) is 1. The van der Waals surface area contributed by atoms with Crippen LogP contribution in [-0.4, -0.2) is 47.2 Å². The molecule has 0 aromatic carbocycles. The second-order valence-corrected chi connectivity index (χ2v) is 6.07. The molecule has 0 aliphatic carbocycles. The molecule has 0 aromatic heterocycles. The van der Waals surface area contributed by atoms with E-state index in [-0.39, 0.29) is 11.7 Å². The van der Waals surface area contributed by atoms with Crippen molar-refractivity contribution in [1.82, 2.24) is 4.90 Å². The van der Waals surface area contributed by atoms with Crippen LogP contribution in [0.2, 0.25) is 0 Å². The minimum atomic E-state index is -0.471. The molecule has 0 fully saturated rings. The van der Waals surface area contributed by atoms with Crippen molar-refractivity contribution in [1.29, 1.82) is 0 Å². The van der Waals surface area contributed by atoms with Gasteiger partial charge in [-0.2, -0.15) is 0 Å². The van der Waals surface area contributed by atoms with E-state index >= 15 is 0 Å². The van der Waals surface area contributed by atoms with Gasteiger partial charge in [0, 0.05) is 18.5 Å². The number of hydrogen-bond donors (Lipinski definition) is 0. The first-order valence-electron chi connectivity index (χ1n) is 6.35. The van der Waals surface area contributed by atoms with Crippen molar-refractivity contribution in [2.45, 2.75) is 52.7 Å². The smallest absolute Gasteiger partial charge is 0.410 e. The largest absolute Gasteiger partial charge is 0.444 e. The van der Waals surface area contributed by atoms with Crippen molar-refractivity contribution >= 4 is 22.0 Å². The van der Waals surface area contributed by atoms with E-state index in [1.807, 2.05) is 41.5 Å². The van der Waals surface area contributed by atoms with Gasteiger partial charge >= 0.3 is 6.09 Å². The summed E-state index contributed by atoms with van der Waals surface area (Å²) in [6.07, 6.45) is -0.295. The molecule has 5 heteroatoms. The normalized spacial score (nSPS) is 15.1. The molecule has 18 heavy (non-hydrogen) atoms. The Bertz CT molecular complexity index is 265. The molecular formula is C13H26BrNO3. The molecule has 0 aliphatic rings. The van der Waals surface area contributed by atoms with E-state index in [1.165, 1.54) is 0 Å². The Labute approximate surface area is 119 Å². The molecule has 0 saturated carbocycles. The fourth-order valence-electron chi connectivity index (χ4n) is 1.51. The first-order valence-corrected chi connectivity index (χ1v) is 7.47.